The Morgan fingerprint density at radius 3 is 2.94 bits per heavy atom. The average molecular weight is 233 g/mol. The molecule has 0 fully saturated rings. The number of anilines is 1. The molecule has 17 heavy (non-hydrogen) atoms. The van der Waals surface area contributed by atoms with Crippen LogP contribution >= 0.6 is 0 Å². The molecule has 0 amide bonds. The lowest BCUT2D eigenvalue weighted by Gasteiger charge is -2.06. The lowest BCUT2D eigenvalue weighted by molar-refractivity contribution is 0.128. The van der Waals surface area contributed by atoms with Crippen molar-refractivity contribution in [3.63, 3.8) is 0 Å². The SMILES string of the molecule is CCOCc1nc(NC)cc(-c2ccoc2)n1. The predicted molar refractivity (Wildman–Crippen MR) is 64.6 cm³/mol. The van der Waals surface area contributed by atoms with E-state index >= 15 is 0 Å². The summed E-state index contributed by atoms with van der Waals surface area (Å²) in [4.78, 5) is 8.75. The van der Waals surface area contributed by atoms with Crippen molar-refractivity contribution < 1.29 is 9.15 Å². The van der Waals surface area contributed by atoms with Crippen LogP contribution in [-0.2, 0) is 11.3 Å². The summed E-state index contributed by atoms with van der Waals surface area (Å²) < 4.78 is 10.4. The van der Waals surface area contributed by atoms with E-state index in [1.54, 1.807) is 12.5 Å². The van der Waals surface area contributed by atoms with Crippen LogP contribution in [0.3, 0.4) is 0 Å². The van der Waals surface area contributed by atoms with Crippen LogP contribution in [0, 0.1) is 0 Å². The molecule has 0 unspecified atom stereocenters. The van der Waals surface area contributed by atoms with Gasteiger partial charge in [-0.1, -0.05) is 0 Å². The Balaban J connectivity index is 2.32. The third-order valence-electron chi connectivity index (χ3n) is 2.28. The standard InChI is InChI=1S/C12H15N3O2/c1-3-16-8-12-14-10(6-11(13-2)15-12)9-4-5-17-7-9/h4-7H,3,8H2,1-2H3,(H,13,14,15). The van der Waals surface area contributed by atoms with Gasteiger partial charge in [-0.3, -0.25) is 0 Å². The molecule has 2 aromatic rings. The van der Waals surface area contributed by atoms with Gasteiger partial charge >= 0.3 is 0 Å². The minimum absolute atomic E-state index is 0.414. The average Bonchev–Trinajstić information content (AvgIpc) is 2.89. The Morgan fingerprint density at radius 2 is 2.29 bits per heavy atom. The second-order valence-corrected chi connectivity index (χ2v) is 3.45. The van der Waals surface area contributed by atoms with Gasteiger partial charge in [0.05, 0.1) is 18.2 Å². The van der Waals surface area contributed by atoms with E-state index in [0.717, 1.165) is 17.1 Å². The molecule has 1 N–H and O–H groups in total. The number of nitrogens with one attached hydrogen (secondary N) is 1. The zero-order valence-corrected chi connectivity index (χ0v) is 9.93. The number of nitrogens with zero attached hydrogens (tertiary/aromatic N) is 2. The largest absolute Gasteiger partial charge is 0.472 e. The summed E-state index contributed by atoms with van der Waals surface area (Å²) in [6, 6.07) is 3.74. The van der Waals surface area contributed by atoms with Crippen molar-refractivity contribution in [3.8, 4) is 11.3 Å². The summed E-state index contributed by atoms with van der Waals surface area (Å²) in [6.45, 7) is 3.00. The number of furan rings is 1. The van der Waals surface area contributed by atoms with Crippen molar-refractivity contribution in [1.29, 1.82) is 0 Å². The van der Waals surface area contributed by atoms with E-state index in [-0.39, 0.29) is 0 Å². The molecular formula is C12H15N3O2. The molecule has 5 nitrogen and oxygen atoms in total. The third kappa shape index (κ3) is 2.82. The maximum atomic E-state index is 5.32. The summed E-state index contributed by atoms with van der Waals surface area (Å²) in [5.74, 6) is 1.43. The van der Waals surface area contributed by atoms with Crippen LogP contribution in [0.1, 0.15) is 12.7 Å². The summed E-state index contributed by atoms with van der Waals surface area (Å²) in [6.07, 6.45) is 3.28. The van der Waals surface area contributed by atoms with Crippen LogP contribution in [-0.4, -0.2) is 23.6 Å². The van der Waals surface area contributed by atoms with Crippen molar-refractivity contribution in [1.82, 2.24) is 9.97 Å². The molecule has 0 aliphatic rings. The van der Waals surface area contributed by atoms with Gasteiger partial charge in [-0.05, 0) is 13.0 Å². The van der Waals surface area contributed by atoms with Crippen LogP contribution in [0.25, 0.3) is 11.3 Å². The summed E-state index contributed by atoms with van der Waals surface area (Å²) in [5, 5.41) is 3.01. The highest BCUT2D eigenvalue weighted by Crippen LogP contribution is 2.20. The lowest BCUT2D eigenvalue weighted by atomic mass is 10.2. The van der Waals surface area contributed by atoms with Crippen LogP contribution in [0.2, 0.25) is 0 Å². The molecule has 2 heterocycles. The van der Waals surface area contributed by atoms with Gasteiger partial charge < -0.3 is 14.5 Å². The zero-order chi connectivity index (χ0) is 12.1. The van der Waals surface area contributed by atoms with E-state index in [2.05, 4.69) is 15.3 Å². The minimum atomic E-state index is 0.414. The smallest absolute Gasteiger partial charge is 0.157 e. The molecule has 2 rings (SSSR count). The molecule has 5 heteroatoms. The maximum absolute atomic E-state index is 5.32. The molecule has 0 saturated heterocycles. The molecule has 0 aliphatic carbocycles. The van der Waals surface area contributed by atoms with Crippen molar-refractivity contribution in [2.45, 2.75) is 13.5 Å². The van der Waals surface area contributed by atoms with Gasteiger partial charge in [0.15, 0.2) is 5.82 Å². The van der Waals surface area contributed by atoms with Crippen molar-refractivity contribution >= 4 is 5.82 Å². The molecule has 90 valence electrons. The van der Waals surface area contributed by atoms with Gasteiger partial charge in [-0.25, -0.2) is 9.97 Å². The van der Waals surface area contributed by atoms with Crippen LogP contribution in [0.15, 0.2) is 29.1 Å². The van der Waals surface area contributed by atoms with Crippen molar-refractivity contribution in [2.24, 2.45) is 0 Å². The molecule has 0 saturated carbocycles. The topological polar surface area (TPSA) is 60.2 Å². The lowest BCUT2D eigenvalue weighted by Crippen LogP contribution is -2.03. The Morgan fingerprint density at radius 1 is 1.41 bits per heavy atom. The summed E-state index contributed by atoms with van der Waals surface area (Å²) in [5.41, 5.74) is 1.76. The fourth-order valence-electron chi connectivity index (χ4n) is 1.44. The minimum Gasteiger partial charge on any atom is -0.472 e. The van der Waals surface area contributed by atoms with Crippen LogP contribution in [0.5, 0.6) is 0 Å². The number of hydrogen-bond acceptors (Lipinski definition) is 5. The second kappa shape index (κ2) is 5.45. The van der Waals surface area contributed by atoms with Crippen LogP contribution in [0.4, 0.5) is 5.82 Å². The molecule has 0 radical (unpaired) electrons. The van der Waals surface area contributed by atoms with Gasteiger partial charge in [-0.15, -0.1) is 0 Å². The Labute approximate surface area is 99.8 Å². The monoisotopic (exact) mass is 233 g/mol. The number of hydrogen-bond donors (Lipinski definition) is 1. The molecule has 0 spiro atoms. The number of ether oxygens (including phenoxy) is 1. The highest BCUT2D eigenvalue weighted by molar-refractivity contribution is 5.61. The first kappa shape index (κ1) is 11.6. The first-order valence-electron chi connectivity index (χ1n) is 5.49. The maximum Gasteiger partial charge on any atom is 0.157 e. The molecular weight excluding hydrogens is 218 g/mol. The van der Waals surface area contributed by atoms with Gasteiger partial charge in [0, 0.05) is 25.3 Å². The molecule has 0 aliphatic heterocycles. The van der Waals surface area contributed by atoms with E-state index in [1.165, 1.54) is 0 Å². The first-order valence-corrected chi connectivity index (χ1v) is 5.49. The number of aromatic nitrogens is 2. The highest BCUT2D eigenvalue weighted by Gasteiger charge is 2.07. The van der Waals surface area contributed by atoms with E-state index in [1.807, 2.05) is 26.1 Å². The fourth-order valence-corrected chi connectivity index (χ4v) is 1.44. The summed E-state index contributed by atoms with van der Waals surface area (Å²) in [7, 11) is 1.83. The quantitative estimate of drug-likeness (QED) is 0.858. The molecule has 0 atom stereocenters. The Bertz CT molecular complexity index is 469. The van der Waals surface area contributed by atoms with Crippen molar-refractivity contribution in [3.05, 3.63) is 30.5 Å². The predicted octanol–water partition coefficient (Wildman–Crippen LogP) is 2.31. The highest BCUT2D eigenvalue weighted by atomic mass is 16.5. The first-order chi connectivity index (χ1) is 8.33. The Hall–Kier alpha value is -1.88. The van der Waals surface area contributed by atoms with Gasteiger partial charge in [0.2, 0.25) is 0 Å². The second-order valence-electron chi connectivity index (χ2n) is 3.45. The van der Waals surface area contributed by atoms with Gasteiger partial charge in [-0.2, -0.15) is 0 Å². The van der Waals surface area contributed by atoms with Crippen LogP contribution < -0.4 is 5.32 Å². The Kier molecular flexibility index (Phi) is 3.72. The van der Waals surface area contributed by atoms with Gasteiger partial charge in [0.1, 0.15) is 12.4 Å². The molecule has 2 aromatic heterocycles. The summed E-state index contributed by atoms with van der Waals surface area (Å²) >= 11 is 0. The normalized spacial score (nSPS) is 10.5. The zero-order valence-electron chi connectivity index (χ0n) is 9.93. The van der Waals surface area contributed by atoms with Gasteiger partial charge in [0.25, 0.3) is 0 Å². The van der Waals surface area contributed by atoms with E-state index in [4.69, 9.17) is 9.15 Å². The van der Waals surface area contributed by atoms with E-state index in [9.17, 15) is 0 Å². The molecule has 0 bridgehead atoms. The number of rotatable bonds is 5. The van der Waals surface area contributed by atoms with Crippen molar-refractivity contribution in [2.75, 3.05) is 19.0 Å². The molecule has 0 aromatic carbocycles. The van der Waals surface area contributed by atoms with E-state index in [0.29, 0.717) is 19.0 Å². The fraction of sp³-hybridized carbons (Fsp3) is 0.333. The third-order valence-corrected chi connectivity index (χ3v) is 2.28. The van der Waals surface area contributed by atoms with E-state index < -0.39 is 0 Å².